The fraction of sp³-hybridized carbons (Fsp3) is 0.935. The molecule has 2 atom stereocenters. The summed E-state index contributed by atoms with van der Waals surface area (Å²) in [6.07, 6.45) is 69.4. The van der Waals surface area contributed by atoms with Crippen LogP contribution in [0.15, 0.2) is 12.2 Å². The summed E-state index contributed by atoms with van der Waals surface area (Å²) in [6.45, 7) is 4.97. The number of ether oxygens (including phenoxy) is 1. The van der Waals surface area contributed by atoms with Gasteiger partial charge in [-0.25, -0.2) is 0 Å². The zero-order valence-electron chi connectivity index (χ0n) is 46.1. The maximum atomic E-state index is 12.5. The van der Waals surface area contributed by atoms with Crippen molar-refractivity contribution in [1.82, 2.24) is 5.32 Å². The van der Waals surface area contributed by atoms with Gasteiger partial charge in [-0.05, 0) is 51.4 Å². The number of amides is 1. The van der Waals surface area contributed by atoms with Crippen LogP contribution in [0.25, 0.3) is 0 Å². The van der Waals surface area contributed by atoms with Crippen LogP contribution in [0.4, 0.5) is 0 Å². The Morgan fingerprint density at radius 3 is 1.04 bits per heavy atom. The number of esters is 1. The van der Waals surface area contributed by atoms with E-state index in [9.17, 15) is 19.8 Å². The summed E-state index contributed by atoms with van der Waals surface area (Å²) in [5.41, 5.74) is 0. The van der Waals surface area contributed by atoms with Crippen LogP contribution < -0.4 is 5.32 Å². The number of allylic oxidation sites excluding steroid dienone is 2. The molecular formula is C62H121NO5. The van der Waals surface area contributed by atoms with Gasteiger partial charge in [0.1, 0.15) is 0 Å². The molecule has 1 amide bonds. The van der Waals surface area contributed by atoms with Crippen molar-refractivity contribution < 1.29 is 24.5 Å². The van der Waals surface area contributed by atoms with E-state index in [4.69, 9.17) is 4.74 Å². The van der Waals surface area contributed by atoms with Gasteiger partial charge in [-0.1, -0.05) is 296 Å². The number of nitrogens with one attached hydrogen (secondary N) is 1. The molecule has 0 spiro atoms. The number of aliphatic hydroxyl groups is 2. The molecule has 0 rings (SSSR count). The monoisotopic (exact) mass is 960 g/mol. The van der Waals surface area contributed by atoms with Crippen LogP contribution >= 0.6 is 0 Å². The second-order valence-electron chi connectivity index (χ2n) is 21.4. The molecule has 0 bridgehead atoms. The Labute approximate surface area is 425 Å². The zero-order valence-corrected chi connectivity index (χ0v) is 46.1. The number of rotatable bonds is 58. The minimum atomic E-state index is -0.665. The molecule has 0 fully saturated rings. The molecule has 0 aromatic carbocycles. The lowest BCUT2D eigenvalue weighted by Gasteiger charge is -2.22. The lowest BCUT2D eigenvalue weighted by molar-refractivity contribution is -0.143. The van der Waals surface area contributed by atoms with Crippen molar-refractivity contribution in [1.29, 1.82) is 0 Å². The molecule has 0 aliphatic carbocycles. The van der Waals surface area contributed by atoms with Crippen molar-refractivity contribution in [3.05, 3.63) is 12.2 Å². The van der Waals surface area contributed by atoms with Crippen LogP contribution in [0.5, 0.6) is 0 Å². The highest BCUT2D eigenvalue weighted by molar-refractivity contribution is 5.76. The second-order valence-corrected chi connectivity index (χ2v) is 21.4. The number of carbonyl (C=O) groups excluding carboxylic acids is 2. The molecule has 2 unspecified atom stereocenters. The fourth-order valence-electron chi connectivity index (χ4n) is 9.81. The van der Waals surface area contributed by atoms with Crippen LogP contribution in [0.1, 0.15) is 348 Å². The lowest BCUT2D eigenvalue weighted by Crippen LogP contribution is -2.45. The van der Waals surface area contributed by atoms with Gasteiger partial charge < -0.3 is 20.3 Å². The van der Waals surface area contributed by atoms with Gasteiger partial charge in [0.2, 0.25) is 5.91 Å². The van der Waals surface area contributed by atoms with Crippen molar-refractivity contribution in [3.63, 3.8) is 0 Å². The molecule has 0 heterocycles. The average molecular weight is 961 g/mol. The van der Waals surface area contributed by atoms with Gasteiger partial charge in [0.15, 0.2) is 0 Å². The highest BCUT2D eigenvalue weighted by Crippen LogP contribution is 2.18. The van der Waals surface area contributed by atoms with Crippen LogP contribution in [-0.2, 0) is 14.3 Å². The molecular weight excluding hydrogens is 839 g/mol. The first-order chi connectivity index (χ1) is 33.5. The second kappa shape index (κ2) is 58.2. The summed E-state index contributed by atoms with van der Waals surface area (Å²) in [5.74, 6) is -0.0225. The van der Waals surface area contributed by atoms with E-state index in [0.717, 1.165) is 38.5 Å². The molecule has 0 saturated carbocycles. The minimum absolute atomic E-state index is 0.0160. The van der Waals surface area contributed by atoms with E-state index in [2.05, 4.69) is 31.3 Å². The third-order valence-corrected chi connectivity index (χ3v) is 14.6. The van der Waals surface area contributed by atoms with E-state index < -0.39 is 12.1 Å². The molecule has 0 saturated heterocycles. The minimum Gasteiger partial charge on any atom is -0.466 e. The topological polar surface area (TPSA) is 95.9 Å². The van der Waals surface area contributed by atoms with E-state index in [0.29, 0.717) is 25.9 Å². The molecule has 404 valence electrons. The largest absolute Gasteiger partial charge is 0.466 e. The number of unbranched alkanes of at least 4 members (excludes halogenated alkanes) is 45. The van der Waals surface area contributed by atoms with Crippen molar-refractivity contribution in [2.24, 2.45) is 0 Å². The predicted octanol–water partition coefficient (Wildman–Crippen LogP) is 19.2. The Morgan fingerprint density at radius 1 is 0.397 bits per heavy atom. The highest BCUT2D eigenvalue weighted by Gasteiger charge is 2.20. The number of hydrogen-bond donors (Lipinski definition) is 3. The Balaban J connectivity index is 3.37. The van der Waals surface area contributed by atoms with Crippen LogP contribution in [-0.4, -0.2) is 47.4 Å². The van der Waals surface area contributed by atoms with E-state index in [1.807, 2.05) is 0 Å². The molecule has 6 nitrogen and oxygen atoms in total. The quantitative estimate of drug-likeness (QED) is 0.0321. The smallest absolute Gasteiger partial charge is 0.305 e. The first-order valence-electron chi connectivity index (χ1n) is 30.9. The summed E-state index contributed by atoms with van der Waals surface area (Å²) in [6, 6.07) is -0.543. The first kappa shape index (κ1) is 66.6. The molecule has 0 aromatic heterocycles. The maximum absolute atomic E-state index is 12.5. The van der Waals surface area contributed by atoms with Gasteiger partial charge in [0.05, 0.1) is 25.4 Å². The Bertz CT molecular complexity index is 1020. The van der Waals surface area contributed by atoms with Crippen LogP contribution in [0.2, 0.25) is 0 Å². The third kappa shape index (κ3) is 53.9. The van der Waals surface area contributed by atoms with Crippen LogP contribution in [0.3, 0.4) is 0 Å². The SMILES string of the molecule is CCCCCCCCCCCCCCCCCC(=O)OCCCCCCCCCCCCCC/C=C\CCCCCCCCCCC(=O)NC(CO)C(O)CCCCCCCCCCCCCC. The summed E-state index contributed by atoms with van der Waals surface area (Å²) in [5, 5.41) is 23.2. The van der Waals surface area contributed by atoms with Gasteiger partial charge in [-0.3, -0.25) is 9.59 Å². The summed E-state index contributed by atoms with van der Waals surface area (Å²) in [7, 11) is 0. The third-order valence-electron chi connectivity index (χ3n) is 14.6. The standard InChI is InChI=1S/C62H121NO5/c1-3-5-7-9-11-13-15-17-28-32-36-40-44-48-52-56-62(67)68-57-53-49-45-41-37-33-30-27-25-23-21-19-18-20-22-24-26-29-31-35-39-43-47-51-55-61(66)63-59(58-64)60(65)54-50-46-42-38-34-16-14-12-10-8-6-4-2/h20,22,59-60,64-65H,3-19,21,23-58H2,1-2H3,(H,63,66)/b22-20-. The Morgan fingerprint density at radius 2 is 0.691 bits per heavy atom. The summed E-state index contributed by atoms with van der Waals surface area (Å²) < 4.78 is 5.49. The van der Waals surface area contributed by atoms with Gasteiger partial charge in [-0.15, -0.1) is 0 Å². The van der Waals surface area contributed by atoms with E-state index in [1.54, 1.807) is 0 Å². The van der Waals surface area contributed by atoms with E-state index in [-0.39, 0.29) is 18.5 Å². The normalized spacial score (nSPS) is 12.6. The first-order valence-corrected chi connectivity index (χ1v) is 30.9. The zero-order chi connectivity index (χ0) is 49.3. The highest BCUT2D eigenvalue weighted by atomic mass is 16.5. The Kier molecular flexibility index (Phi) is 57.0. The van der Waals surface area contributed by atoms with Gasteiger partial charge in [0, 0.05) is 12.8 Å². The van der Waals surface area contributed by atoms with E-state index in [1.165, 1.54) is 276 Å². The number of hydrogen-bond acceptors (Lipinski definition) is 5. The van der Waals surface area contributed by atoms with Gasteiger partial charge in [-0.2, -0.15) is 0 Å². The van der Waals surface area contributed by atoms with E-state index >= 15 is 0 Å². The number of carbonyl (C=O) groups is 2. The van der Waals surface area contributed by atoms with Crippen molar-refractivity contribution in [2.75, 3.05) is 13.2 Å². The maximum Gasteiger partial charge on any atom is 0.305 e. The molecule has 0 aliphatic heterocycles. The van der Waals surface area contributed by atoms with Crippen LogP contribution in [0, 0.1) is 0 Å². The fourth-order valence-corrected chi connectivity index (χ4v) is 9.81. The summed E-state index contributed by atoms with van der Waals surface area (Å²) in [4.78, 5) is 24.5. The molecule has 0 radical (unpaired) electrons. The van der Waals surface area contributed by atoms with Crippen molar-refractivity contribution in [3.8, 4) is 0 Å². The Hall–Kier alpha value is -1.40. The molecule has 68 heavy (non-hydrogen) atoms. The van der Waals surface area contributed by atoms with Crippen molar-refractivity contribution >= 4 is 11.9 Å². The van der Waals surface area contributed by atoms with Crippen molar-refractivity contribution in [2.45, 2.75) is 360 Å². The molecule has 3 N–H and O–H groups in total. The predicted molar refractivity (Wildman–Crippen MR) is 297 cm³/mol. The van der Waals surface area contributed by atoms with Gasteiger partial charge in [0.25, 0.3) is 0 Å². The molecule has 6 heteroatoms. The van der Waals surface area contributed by atoms with Gasteiger partial charge >= 0.3 is 5.97 Å². The molecule has 0 aliphatic rings. The average Bonchev–Trinajstić information content (AvgIpc) is 3.34. The number of aliphatic hydroxyl groups excluding tert-OH is 2. The summed E-state index contributed by atoms with van der Waals surface area (Å²) >= 11 is 0. The molecule has 0 aromatic rings. The lowest BCUT2D eigenvalue weighted by atomic mass is 10.0.